The van der Waals surface area contributed by atoms with E-state index in [4.69, 9.17) is 4.98 Å². The first-order valence-electron chi connectivity index (χ1n) is 11.5. The second-order valence-electron chi connectivity index (χ2n) is 9.46. The summed E-state index contributed by atoms with van der Waals surface area (Å²) < 4.78 is 0. The number of likely N-dealkylation sites (tertiary alicyclic amines) is 1. The second kappa shape index (κ2) is 8.12. The number of aromatic nitrogens is 2. The van der Waals surface area contributed by atoms with Gasteiger partial charge in [0.25, 0.3) is 0 Å². The molecular formula is C26H33N5. The lowest BCUT2D eigenvalue weighted by Gasteiger charge is -2.46. The van der Waals surface area contributed by atoms with E-state index in [9.17, 15) is 0 Å². The molecule has 1 spiro atoms. The van der Waals surface area contributed by atoms with Crippen molar-refractivity contribution in [1.82, 2.24) is 14.9 Å². The van der Waals surface area contributed by atoms with Crippen LogP contribution >= 0.6 is 0 Å². The molecule has 0 saturated carbocycles. The Kier molecular flexibility index (Phi) is 5.30. The highest BCUT2D eigenvalue weighted by atomic mass is 15.3. The zero-order valence-corrected chi connectivity index (χ0v) is 19.0. The Morgan fingerprint density at radius 2 is 1.81 bits per heavy atom. The summed E-state index contributed by atoms with van der Waals surface area (Å²) in [5.41, 5.74) is 5.23. The van der Waals surface area contributed by atoms with Gasteiger partial charge in [0.2, 0.25) is 0 Å². The highest BCUT2D eigenvalue weighted by Gasteiger charge is 2.43. The third-order valence-corrected chi connectivity index (χ3v) is 7.24. The molecule has 5 nitrogen and oxygen atoms in total. The fourth-order valence-corrected chi connectivity index (χ4v) is 5.51. The minimum absolute atomic E-state index is 0.342. The van der Waals surface area contributed by atoms with Gasteiger partial charge in [0.1, 0.15) is 5.82 Å². The SMILES string of the molecule is Cc1cc(N2CCC3(CCCN3Cc3ccc(N(C)C)nc3)CC2)c2ccccc2n1. The van der Waals surface area contributed by atoms with Crippen molar-refractivity contribution < 1.29 is 0 Å². The number of benzene rings is 1. The van der Waals surface area contributed by atoms with Gasteiger partial charge in [-0.2, -0.15) is 0 Å². The van der Waals surface area contributed by atoms with E-state index in [2.05, 4.69) is 75.3 Å². The largest absolute Gasteiger partial charge is 0.371 e. The molecule has 4 heterocycles. The van der Waals surface area contributed by atoms with Crippen LogP contribution in [0.2, 0.25) is 0 Å². The zero-order valence-electron chi connectivity index (χ0n) is 19.0. The maximum atomic E-state index is 4.73. The van der Waals surface area contributed by atoms with E-state index in [0.29, 0.717) is 5.54 Å². The summed E-state index contributed by atoms with van der Waals surface area (Å²) in [5, 5.41) is 1.28. The van der Waals surface area contributed by atoms with Gasteiger partial charge in [-0.25, -0.2) is 4.98 Å². The normalized spacial score (nSPS) is 18.7. The highest BCUT2D eigenvalue weighted by molar-refractivity contribution is 5.92. The maximum absolute atomic E-state index is 4.73. The van der Waals surface area contributed by atoms with Gasteiger partial charge in [-0.05, 0) is 62.9 Å². The summed E-state index contributed by atoms with van der Waals surface area (Å²) in [7, 11) is 4.08. The molecular weight excluding hydrogens is 382 g/mol. The summed E-state index contributed by atoms with van der Waals surface area (Å²) in [6, 6.07) is 15.2. The molecule has 3 aromatic rings. The van der Waals surface area contributed by atoms with Crippen LogP contribution < -0.4 is 9.80 Å². The molecule has 2 aliphatic heterocycles. The number of anilines is 2. The van der Waals surface area contributed by atoms with E-state index in [0.717, 1.165) is 36.7 Å². The molecule has 0 amide bonds. The molecule has 0 unspecified atom stereocenters. The van der Waals surface area contributed by atoms with Crippen molar-refractivity contribution in [3.63, 3.8) is 0 Å². The molecule has 0 aliphatic carbocycles. The molecule has 5 rings (SSSR count). The molecule has 0 N–H and O–H groups in total. The lowest BCUT2D eigenvalue weighted by molar-refractivity contribution is 0.0998. The average molecular weight is 416 g/mol. The number of piperidine rings is 1. The predicted molar refractivity (Wildman–Crippen MR) is 129 cm³/mol. The molecule has 0 bridgehead atoms. The molecule has 0 atom stereocenters. The van der Waals surface area contributed by atoms with Crippen LogP contribution in [0, 0.1) is 6.92 Å². The Morgan fingerprint density at radius 1 is 1.00 bits per heavy atom. The predicted octanol–water partition coefficient (Wildman–Crippen LogP) is 4.64. The second-order valence-corrected chi connectivity index (χ2v) is 9.46. The van der Waals surface area contributed by atoms with Crippen LogP contribution in [0.15, 0.2) is 48.7 Å². The summed E-state index contributed by atoms with van der Waals surface area (Å²) in [6.07, 6.45) is 7.14. The molecule has 162 valence electrons. The van der Waals surface area contributed by atoms with Crippen molar-refractivity contribution in [2.24, 2.45) is 0 Å². The van der Waals surface area contributed by atoms with Crippen molar-refractivity contribution in [3.8, 4) is 0 Å². The van der Waals surface area contributed by atoms with Gasteiger partial charge in [0, 0.05) is 62.2 Å². The minimum Gasteiger partial charge on any atom is -0.371 e. The van der Waals surface area contributed by atoms with Crippen LogP contribution in [0.1, 0.15) is 36.9 Å². The Hall–Kier alpha value is -2.66. The summed E-state index contributed by atoms with van der Waals surface area (Å²) in [5.74, 6) is 1.02. The number of nitrogens with zero attached hydrogens (tertiary/aromatic N) is 5. The van der Waals surface area contributed by atoms with Crippen LogP contribution in [-0.4, -0.2) is 54.1 Å². The maximum Gasteiger partial charge on any atom is 0.127 e. The van der Waals surface area contributed by atoms with Crippen molar-refractivity contribution in [2.45, 2.75) is 44.7 Å². The summed E-state index contributed by atoms with van der Waals surface area (Å²) in [6.45, 7) is 6.55. The van der Waals surface area contributed by atoms with Gasteiger partial charge in [-0.15, -0.1) is 0 Å². The highest BCUT2D eigenvalue weighted by Crippen LogP contribution is 2.41. The molecule has 2 fully saturated rings. The van der Waals surface area contributed by atoms with E-state index < -0.39 is 0 Å². The Bertz CT molecular complexity index is 1050. The number of hydrogen-bond donors (Lipinski definition) is 0. The quantitative estimate of drug-likeness (QED) is 0.620. The molecule has 31 heavy (non-hydrogen) atoms. The standard InChI is InChI=1S/C26H33N5/c1-20-17-24(22-7-4-5-8-23(22)28-20)30-15-12-26(13-16-30)11-6-14-31(26)19-21-9-10-25(27-18-21)29(2)3/h4-5,7-10,17-18H,6,11-16,19H2,1-3H3. The fourth-order valence-electron chi connectivity index (χ4n) is 5.51. The molecule has 0 radical (unpaired) electrons. The molecule has 2 aliphatic rings. The van der Waals surface area contributed by atoms with Gasteiger partial charge in [-0.1, -0.05) is 24.3 Å². The van der Waals surface area contributed by atoms with E-state index >= 15 is 0 Å². The first-order valence-corrected chi connectivity index (χ1v) is 11.5. The van der Waals surface area contributed by atoms with Gasteiger partial charge in [0.15, 0.2) is 0 Å². The smallest absolute Gasteiger partial charge is 0.127 e. The molecule has 1 aromatic carbocycles. The van der Waals surface area contributed by atoms with E-state index in [1.807, 2.05) is 14.1 Å². The van der Waals surface area contributed by atoms with E-state index in [1.54, 1.807) is 0 Å². The Balaban J connectivity index is 1.32. The fraction of sp³-hybridized carbons (Fsp3) is 0.462. The lowest BCUT2D eigenvalue weighted by atomic mass is 9.84. The van der Waals surface area contributed by atoms with E-state index in [1.165, 1.54) is 48.9 Å². The topological polar surface area (TPSA) is 35.5 Å². The number of para-hydroxylation sites is 1. The van der Waals surface area contributed by atoms with Crippen LogP contribution in [0.5, 0.6) is 0 Å². The zero-order chi connectivity index (χ0) is 21.4. The van der Waals surface area contributed by atoms with Crippen molar-refractivity contribution in [2.75, 3.05) is 43.5 Å². The summed E-state index contributed by atoms with van der Waals surface area (Å²) >= 11 is 0. The van der Waals surface area contributed by atoms with Gasteiger partial charge >= 0.3 is 0 Å². The van der Waals surface area contributed by atoms with Crippen molar-refractivity contribution in [3.05, 3.63) is 59.9 Å². The average Bonchev–Trinajstić information content (AvgIpc) is 3.15. The molecule has 2 saturated heterocycles. The monoisotopic (exact) mass is 415 g/mol. The lowest BCUT2D eigenvalue weighted by Crippen LogP contribution is -2.51. The Labute approximate surface area is 185 Å². The van der Waals surface area contributed by atoms with Crippen LogP contribution in [0.25, 0.3) is 10.9 Å². The first kappa shape index (κ1) is 20.3. The molecule has 5 heteroatoms. The van der Waals surface area contributed by atoms with Gasteiger partial charge in [-0.3, -0.25) is 9.88 Å². The van der Waals surface area contributed by atoms with Crippen LogP contribution in [0.4, 0.5) is 11.5 Å². The number of rotatable bonds is 4. The van der Waals surface area contributed by atoms with Crippen molar-refractivity contribution in [1.29, 1.82) is 0 Å². The third kappa shape index (κ3) is 3.87. The van der Waals surface area contributed by atoms with Crippen LogP contribution in [0.3, 0.4) is 0 Å². The third-order valence-electron chi connectivity index (χ3n) is 7.24. The van der Waals surface area contributed by atoms with Crippen molar-refractivity contribution >= 4 is 22.4 Å². The Morgan fingerprint density at radius 3 is 2.55 bits per heavy atom. The van der Waals surface area contributed by atoms with Crippen LogP contribution in [-0.2, 0) is 6.54 Å². The number of pyridine rings is 2. The number of hydrogen-bond acceptors (Lipinski definition) is 5. The van der Waals surface area contributed by atoms with Gasteiger partial charge in [0.05, 0.1) is 5.52 Å². The van der Waals surface area contributed by atoms with Gasteiger partial charge < -0.3 is 9.80 Å². The number of fused-ring (bicyclic) bond motifs is 1. The first-order chi connectivity index (χ1) is 15.0. The number of aryl methyl sites for hydroxylation is 1. The van der Waals surface area contributed by atoms with E-state index in [-0.39, 0.29) is 0 Å². The summed E-state index contributed by atoms with van der Waals surface area (Å²) in [4.78, 5) is 16.8. The molecule has 2 aromatic heterocycles. The minimum atomic E-state index is 0.342.